The molecule has 0 atom stereocenters. The van der Waals surface area contributed by atoms with Gasteiger partial charge in [0.1, 0.15) is 15.6 Å². The molecule has 1 aliphatic rings. The van der Waals surface area contributed by atoms with Gasteiger partial charge >= 0.3 is 0 Å². The maximum Gasteiger partial charge on any atom is 0.234 e. The Labute approximate surface area is 229 Å². The number of anilines is 1. The summed E-state index contributed by atoms with van der Waals surface area (Å²) in [5.41, 5.74) is 2.98. The average Bonchev–Trinajstić information content (AvgIpc) is 3.24. The predicted molar refractivity (Wildman–Crippen MR) is 153 cm³/mol. The molecular weight excluding hydrogens is 523 g/mol. The third-order valence-electron chi connectivity index (χ3n) is 5.88. The lowest BCUT2D eigenvalue weighted by Gasteiger charge is -2.30. The molecule has 6 nitrogen and oxygen atoms in total. The summed E-state index contributed by atoms with van der Waals surface area (Å²) in [5, 5.41) is 5.63. The Balaban J connectivity index is 1.37. The summed E-state index contributed by atoms with van der Waals surface area (Å²) in [6, 6.07) is 17.7. The van der Waals surface area contributed by atoms with E-state index in [2.05, 4.69) is 31.3 Å². The van der Waals surface area contributed by atoms with E-state index in [4.69, 9.17) is 19.4 Å². The second-order valence-electron chi connectivity index (χ2n) is 9.29. The van der Waals surface area contributed by atoms with Crippen molar-refractivity contribution in [2.75, 3.05) is 17.7 Å². The van der Waals surface area contributed by atoms with Crippen LogP contribution in [0.2, 0.25) is 0 Å². The van der Waals surface area contributed by atoms with Crippen LogP contribution in [0.5, 0.6) is 5.75 Å². The third kappa shape index (κ3) is 6.46. The largest absolute Gasteiger partial charge is 0.494 e. The highest BCUT2D eigenvalue weighted by Crippen LogP contribution is 2.42. The fourth-order valence-corrected chi connectivity index (χ4v) is 7.05. The van der Waals surface area contributed by atoms with Gasteiger partial charge in [-0.25, -0.2) is 9.97 Å². The zero-order valence-corrected chi connectivity index (χ0v) is 23.5. The monoisotopic (exact) mass is 551 g/mol. The second kappa shape index (κ2) is 11.4. The van der Waals surface area contributed by atoms with Gasteiger partial charge in [-0.2, -0.15) is 0 Å². The van der Waals surface area contributed by atoms with Gasteiger partial charge in [-0.15, -0.1) is 11.3 Å². The van der Waals surface area contributed by atoms with E-state index < -0.39 is 0 Å². The van der Waals surface area contributed by atoms with E-state index in [0.29, 0.717) is 13.2 Å². The second-order valence-corrected chi connectivity index (χ2v) is 12.3. The zero-order chi connectivity index (χ0) is 25.8. The summed E-state index contributed by atoms with van der Waals surface area (Å²) in [6.45, 7) is 7.36. The number of hydrogen-bond donors (Lipinski definition) is 1. The summed E-state index contributed by atoms with van der Waals surface area (Å²) < 4.78 is 11.5. The quantitative estimate of drug-likeness (QED) is 0.137. The molecular formula is C28H29N3O3S3. The summed E-state index contributed by atoms with van der Waals surface area (Å²) in [7, 11) is 0. The summed E-state index contributed by atoms with van der Waals surface area (Å²) in [4.78, 5) is 24.8. The fraction of sp³-hybridized carbons (Fsp3) is 0.321. The highest BCUT2D eigenvalue weighted by molar-refractivity contribution is 8.00. The molecule has 1 N–H and O–H groups in total. The summed E-state index contributed by atoms with van der Waals surface area (Å²) in [6.07, 6.45) is 0.800. The molecule has 0 spiro atoms. The van der Waals surface area contributed by atoms with E-state index in [1.165, 1.54) is 27.8 Å². The molecule has 1 aliphatic heterocycles. The molecule has 0 saturated heterocycles. The zero-order valence-electron chi connectivity index (χ0n) is 21.1. The van der Waals surface area contributed by atoms with Crippen molar-refractivity contribution in [1.82, 2.24) is 9.97 Å². The molecule has 0 aliphatic carbocycles. The first-order valence-electron chi connectivity index (χ1n) is 12.2. The number of fused-ring (bicyclic) bond motifs is 3. The number of thioether (sulfide) groups is 2. The van der Waals surface area contributed by atoms with Crippen molar-refractivity contribution < 1.29 is 14.3 Å². The van der Waals surface area contributed by atoms with Crippen LogP contribution >= 0.6 is 34.9 Å². The third-order valence-corrected chi connectivity index (χ3v) is 8.87. The van der Waals surface area contributed by atoms with Crippen LogP contribution in [0.3, 0.4) is 0 Å². The van der Waals surface area contributed by atoms with Crippen molar-refractivity contribution in [1.29, 1.82) is 0 Å². The van der Waals surface area contributed by atoms with Crippen LogP contribution in [0.25, 0.3) is 10.2 Å². The molecule has 37 heavy (non-hydrogen) atoms. The van der Waals surface area contributed by atoms with Crippen LogP contribution < -0.4 is 10.1 Å². The van der Waals surface area contributed by atoms with Gasteiger partial charge in [-0.3, -0.25) is 4.79 Å². The standard InChI is InChI=1S/C28H29N3O3S3/c1-4-33-20-12-10-19(11-13-20)29-23(32)17-35-25-24-21-14-28(2,3)34-15-22(21)37-26(24)31-27(30-25)36-16-18-8-6-5-7-9-18/h5-13H,4,14-17H2,1-3H3,(H,29,32). The van der Waals surface area contributed by atoms with Gasteiger partial charge in [0.05, 0.1) is 24.6 Å². The number of nitrogens with one attached hydrogen (secondary N) is 1. The number of aromatic nitrogens is 2. The molecule has 2 aromatic carbocycles. The van der Waals surface area contributed by atoms with Gasteiger partial charge in [0.25, 0.3) is 0 Å². The molecule has 9 heteroatoms. The molecule has 2 aromatic heterocycles. The average molecular weight is 552 g/mol. The lowest BCUT2D eigenvalue weighted by atomic mass is 9.95. The number of amides is 1. The number of ether oxygens (including phenoxy) is 2. The minimum Gasteiger partial charge on any atom is -0.494 e. The van der Waals surface area contributed by atoms with Crippen LogP contribution in [0.4, 0.5) is 5.69 Å². The highest BCUT2D eigenvalue weighted by atomic mass is 32.2. The number of rotatable bonds is 9. The molecule has 5 rings (SSSR count). The van der Waals surface area contributed by atoms with Crippen LogP contribution in [-0.4, -0.2) is 33.8 Å². The Morgan fingerprint density at radius 1 is 1.11 bits per heavy atom. The van der Waals surface area contributed by atoms with E-state index >= 15 is 0 Å². The molecule has 1 amide bonds. The van der Waals surface area contributed by atoms with E-state index in [1.807, 2.05) is 49.4 Å². The molecule has 3 heterocycles. The summed E-state index contributed by atoms with van der Waals surface area (Å²) >= 11 is 4.76. The Morgan fingerprint density at radius 2 is 1.89 bits per heavy atom. The number of carbonyl (C=O) groups excluding carboxylic acids is 1. The van der Waals surface area contributed by atoms with Crippen LogP contribution in [-0.2, 0) is 28.3 Å². The minimum atomic E-state index is -0.241. The van der Waals surface area contributed by atoms with E-state index in [0.717, 1.165) is 44.0 Å². The first-order valence-corrected chi connectivity index (χ1v) is 15.0. The molecule has 4 aromatic rings. The van der Waals surface area contributed by atoms with Crippen LogP contribution in [0, 0.1) is 0 Å². The fourth-order valence-electron chi connectivity index (χ4n) is 4.12. The van der Waals surface area contributed by atoms with Gasteiger partial charge in [0.15, 0.2) is 5.16 Å². The van der Waals surface area contributed by atoms with E-state index in [-0.39, 0.29) is 17.3 Å². The maximum absolute atomic E-state index is 12.8. The smallest absolute Gasteiger partial charge is 0.234 e. The van der Waals surface area contributed by atoms with Gasteiger partial charge in [-0.1, -0.05) is 53.9 Å². The van der Waals surface area contributed by atoms with Crippen molar-refractivity contribution >= 4 is 56.7 Å². The number of hydrogen-bond acceptors (Lipinski definition) is 8. The van der Waals surface area contributed by atoms with Crippen molar-refractivity contribution in [3.8, 4) is 5.75 Å². The number of carbonyl (C=O) groups is 1. The molecule has 0 fully saturated rings. The Hall–Kier alpha value is -2.59. The molecule has 192 valence electrons. The maximum atomic E-state index is 12.8. The molecule has 0 unspecified atom stereocenters. The van der Waals surface area contributed by atoms with Crippen LogP contribution in [0.15, 0.2) is 64.8 Å². The van der Waals surface area contributed by atoms with Crippen molar-refractivity contribution in [2.45, 2.75) is 55.3 Å². The normalized spacial score (nSPS) is 14.4. The van der Waals surface area contributed by atoms with Gasteiger partial charge < -0.3 is 14.8 Å². The van der Waals surface area contributed by atoms with Gasteiger partial charge in [0.2, 0.25) is 5.91 Å². The number of thiophene rings is 1. The molecule has 0 bridgehead atoms. The van der Waals surface area contributed by atoms with Crippen molar-refractivity contribution in [2.24, 2.45) is 0 Å². The highest BCUT2D eigenvalue weighted by Gasteiger charge is 2.31. The van der Waals surface area contributed by atoms with Gasteiger partial charge in [0, 0.05) is 28.1 Å². The molecule has 0 radical (unpaired) electrons. The Bertz CT molecular complexity index is 1390. The SMILES string of the molecule is CCOc1ccc(NC(=O)CSc2nc(SCc3ccccc3)nc3sc4c(c23)CC(C)(C)OC4)cc1. The first-order chi connectivity index (χ1) is 17.9. The van der Waals surface area contributed by atoms with Gasteiger partial charge in [-0.05, 0) is 56.2 Å². The van der Waals surface area contributed by atoms with E-state index in [1.54, 1.807) is 23.1 Å². The minimum absolute atomic E-state index is 0.0767. The lowest BCUT2D eigenvalue weighted by molar-refractivity contribution is -0.113. The predicted octanol–water partition coefficient (Wildman–Crippen LogP) is 6.96. The summed E-state index contributed by atoms with van der Waals surface area (Å²) in [5.74, 6) is 1.75. The topological polar surface area (TPSA) is 73.3 Å². The number of nitrogens with zero attached hydrogens (tertiary/aromatic N) is 2. The van der Waals surface area contributed by atoms with E-state index in [9.17, 15) is 4.79 Å². The molecule has 0 saturated carbocycles. The Morgan fingerprint density at radius 3 is 2.65 bits per heavy atom. The van der Waals surface area contributed by atoms with Crippen LogP contribution in [0.1, 0.15) is 36.8 Å². The first kappa shape index (κ1) is 26.0. The van der Waals surface area contributed by atoms with Crippen molar-refractivity contribution in [3.63, 3.8) is 0 Å². The lowest BCUT2D eigenvalue weighted by Crippen LogP contribution is -2.31. The Kier molecular flexibility index (Phi) is 8.04. The number of benzene rings is 2. The van der Waals surface area contributed by atoms with Crippen molar-refractivity contribution in [3.05, 3.63) is 70.6 Å².